The summed E-state index contributed by atoms with van der Waals surface area (Å²) >= 11 is 1.32. The minimum absolute atomic E-state index is 0.135. The first kappa shape index (κ1) is 19.8. The van der Waals surface area contributed by atoms with Crippen LogP contribution in [-0.2, 0) is 11.3 Å². The Balaban J connectivity index is 2.08. The van der Waals surface area contributed by atoms with E-state index >= 15 is 0 Å². The Bertz CT molecular complexity index is 770. The van der Waals surface area contributed by atoms with Crippen molar-refractivity contribution in [3.63, 3.8) is 0 Å². The zero-order valence-electron chi connectivity index (χ0n) is 15.6. The maximum atomic E-state index is 12.0. The third kappa shape index (κ3) is 5.25. The number of nitrogens with zero attached hydrogens (tertiary/aromatic N) is 4. The van der Waals surface area contributed by atoms with Crippen molar-refractivity contribution >= 4 is 23.3 Å². The third-order valence-corrected chi connectivity index (χ3v) is 4.60. The fraction of sp³-hybridized carbons (Fsp3) is 0.562. The van der Waals surface area contributed by atoms with Gasteiger partial charge in [-0.2, -0.15) is 4.98 Å². The van der Waals surface area contributed by atoms with Crippen LogP contribution in [0.3, 0.4) is 0 Å². The number of hydrogen-bond donors (Lipinski definition) is 2. The molecule has 0 saturated carbocycles. The molecule has 0 aliphatic carbocycles. The third-order valence-electron chi connectivity index (χ3n) is 3.28. The molecular formula is C16H24N6O3S. The molecule has 2 aromatic heterocycles. The molecule has 1 unspecified atom stereocenters. The summed E-state index contributed by atoms with van der Waals surface area (Å²) in [5.41, 5.74) is 0.667. The highest BCUT2D eigenvalue weighted by Gasteiger charge is 2.20. The largest absolute Gasteiger partial charge is 0.462 e. The molecule has 2 aromatic rings. The van der Waals surface area contributed by atoms with E-state index in [0.29, 0.717) is 41.4 Å². The quantitative estimate of drug-likeness (QED) is 0.426. The van der Waals surface area contributed by atoms with Crippen LogP contribution in [0, 0.1) is 13.8 Å². The van der Waals surface area contributed by atoms with Crippen molar-refractivity contribution in [1.29, 1.82) is 0 Å². The van der Waals surface area contributed by atoms with Gasteiger partial charge in [0.25, 0.3) is 0 Å². The Hall–Kier alpha value is -2.49. The van der Waals surface area contributed by atoms with Crippen LogP contribution in [0.1, 0.15) is 58.9 Å². The highest BCUT2D eigenvalue weighted by atomic mass is 32.1. The standard InChI is InChI=1S/C16H24N6O3S/c1-6-17-16(18-8-12-21-11(5)22-25-12)20-10(4)14-19-9(3)13(26-14)15(23)24-7-2/h10H,6-8H2,1-5H3,(H2,17,18,20). The number of carbonyl (C=O) groups is 1. The fourth-order valence-corrected chi connectivity index (χ4v) is 3.09. The van der Waals surface area contributed by atoms with Gasteiger partial charge in [-0.25, -0.2) is 14.8 Å². The topological polar surface area (TPSA) is 115 Å². The van der Waals surface area contributed by atoms with E-state index in [9.17, 15) is 4.79 Å². The summed E-state index contributed by atoms with van der Waals surface area (Å²) in [6, 6.07) is -0.135. The monoisotopic (exact) mass is 380 g/mol. The van der Waals surface area contributed by atoms with Gasteiger partial charge < -0.3 is 19.9 Å². The van der Waals surface area contributed by atoms with Gasteiger partial charge in [0.15, 0.2) is 11.8 Å². The van der Waals surface area contributed by atoms with Gasteiger partial charge in [0.1, 0.15) is 16.4 Å². The molecule has 2 heterocycles. The van der Waals surface area contributed by atoms with E-state index in [0.717, 1.165) is 5.01 Å². The van der Waals surface area contributed by atoms with Crippen molar-refractivity contribution in [3.05, 3.63) is 27.3 Å². The molecule has 0 spiro atoms. The summed E-state index contributed by atoms with van der Waals surface area (Å²) in [5, 5.41) is 11.0. The molecular weight excluding hydrogens is 356 g/mol. The van der Waals surface area contributed by atoms with E-state index in [-0.39, 0.29) is 18.6 Å². The van der Waals surface area contributed by atoms with Gasteiger partial charge in [0, 0.05) is 6.54 Å². The predicted octanol–water partition coefficient (Wildman–Crippen LogP) is 2.14. The molecule has 2 N–H and O–H groups in total. The van der Waals surface area contributed by atoms with Gasteiger partial charge in [-0.05, 0) is 34.6 Å². The fourth-order valence-electron chi connectivity index (χ4n) is 2.13. The molecule has 142 valence electrons. The Morgan fingerprint density at radius 3 is 2.73 bits per heavy atom. The van der Waals surface area contributed by atoms with Gasteiger partial charge in [-0.3, -0.25) is 0 Å². The molecule has 0 bridgehead atoms. The zero-order chi connectivity index (χ0) is 19.1. The lowest BCUT2D eigenvalue weighted by Crippen LogP contribution is -2.38. The summed E-state index contributed by atoms with van der Waals surface area (Å²) in [7, 11) is 0. The van der Waals surface area contributed by atoms with Crippen molar-refractivity contribution in [2.75, 3.05) is 13.2 Å². The van der Waals surface area contributed by atoms with Crippen molar-refractivity contribution < 1.29 is 14.1 Å². The molecule has 0 fully saturated rings. The summed E-state index contributed by atoms with van der Waals surface area (Å²) in [6.45, 7) is 10.6. The number of nitrogens with one attached hydrogen (secondary N) is 2. The van der Waals surface area contributed by atoms with Crippen LogP contribution in [-0.4, -0.2) is 40.2 Å². The molecule has 0 aliphatic heterocycles. The molecule has 1 atom stereocenters. The second kappa shape index (κ2) is 9.27. The van der Waals surface area contributed by atoms with Gasteiger partial charge in [-0.1, -0.05) is 5.16 Å². The number of esters is 1. The van der Waals surface area contributed by atoms with Gasteiger partial charge in [0.2, 0.25) is 5.89 Å². The van der Waals surface area contributed by atoms with Crippen molar-refractivity contribution in [3.8, 4) is 0 Å². The molecule has 26 heavy (non-hydrogen) atoms. The number of ether oxygens (including phenoxy) is 1. The van der Waals surface area contributed by atoms with E-state index in [1.165, 1.54) is 11.3 Å². The summed E-state index contributed by atoms with van der Waals surface area (Å²) in [5.74, 6) is 1.28. The summed E-state index contributed by atoms with van der Waals surface area (Å²) in [4.78, 5) is 25.5. The van der Waals surface area contributed by atoms with Crippen LogP contribution in [0.15, 0.2) is 9.52 Å². The van der Waals surface area contributed by atoms with Crippen molar-refractivity contribution in [2.24, 2.45) is 4.99 Å². The molecule has 0 aromatic carbocycles. The first-order valence-electron chi connectivity index (χ1n) is 8.43. The number of aromatic nitrogens is 3. The van der Waals surface area contributed by atoms with Crippen molar-refractivity contribution in [1.82, 2.24) is 25.8 Å². The van der Waals surface area contributed by atoms with Crippen LogP contribution in [0.2, 0.25) is 0 Å². The zero-order valence-corrected chi connectivity index (χ0v) is 16.4. The van der Waals surface area contributed by atoms with Crippen LogP contribution >= 0.6 is 11.3 Å². The lowest BCUT2D eigenvalue weighted by atomic mass is 10.3. The van der Waals surface area contributed by atoms with Crippen LogP contribution in [0.4, 0.5) is 0 Å². The molecule has 0 saturated heterocycles. The van der Waals surface area contributed by atoms with Gasteiger partial charge in [-0.15, -0.1) is 11.3 Å². The number of thiazole rings is 1. The van der Waals surface area contributed by atoms with Gasteiger partial charge >= 0.3 is 5.97 Å². The Morgan fingerprint density at radius 2 is 2.12 bits per heavy atom. The van der Waals surface area contributed by atoms with E-state index in [4.69, 9.17) is 9.26 Å². The first-order chi connectivity index (χ1) is 12.4. The van der Waals surface area contributed by atoms with E-state index < -0.39 is 0 Å². The molecule has 9 nitrogen and oxygen atoms in total. The highest BCUT2D eigenvalue weighted by Crippen LogP contribution is 2.24. The smallest absolute Gasteiger partial charge is 0.350 e. The first-order valence-corrected chi connectivity index (χ1v) is 9.24. The number of carbonyl (C=O) groups excluding carboxylic acids is 1. The van der Waals surface area contributed by atoms with Crippen LogP contribution in [0.5, 0.6) is 0 Å². The lowest BCUT2D eigenvalue weighted by Gasteiger charge is -2.15. The molecule has 0 aliphatic rings. The maximum Gasteiger partial charge on any atom is 0.350 e. The van der Waals surface area contributed by atoms with E-state index in [2.05, 4.69) is 30.8 Å². The average molecular weight is 380 g/mol. The normalized spacial score (nSPS) is 12.7. The summed E-state index contributed by atoms with van der Waals surface area (Å²) < 4.78 is 10.1. The van der Waals surface area contributed by atoms with Crippen molar-refractivity contribution in [2.45, 2.75) is 47.2 Å². The minimum atomic E-state index is -0.340. The highest BCUT2D eigenvalue weighted by molar-refractivity contribution is 7.13. The second-order valence-electron chi connectivity index (χ2n) is 5.48. The summed E-state index contributed by atoms with van der Waals surface area (Å²) in [6.07, 6.45) is 0. The van der Waals surface area contributed by atoms with Crippen LogP contribution < -0.4 is 10.6 Å². The molecule has 0 amide bonds. The van der Waals surface area contributed by atoms with E-state index in [1.807, 2.05) is 13.8 Å². The molecule has 10 heteroatoms. The Labute approximate surface area is 156 Å². The second-order valence-corrected chi connectivity index (χ2v) is 6.51. The molecule has 0 radical (unpaired) electrons. The van der Waals surface area contributed by atoms with Gasteiger partial charge in [0.05, 0.1) is 18.3 Å². The number of hydrogen-bond acceptors (Lipinski definition) is 8. The maximum absolute atomic E-state index is 12.0. The Kier molecular flexibility index (Phi) is 7.07. The number of aliphatic imine (C=N–C) groups is 1. The lowest BCUT2D eigenvalue weighted by molar-refractivity contribution is 0.0531. The predicted molar refractivity (Wildman–Crippen MR) is 98.2 cm³/mol. The SMILES string of the molecule is CCNC(=NCc1nc(C)no1)NC(C)c1nc(C)c(C(=O)OCC)s1. The average Bonchev–Trinajstić information content (AvgIpc) is 3.19. The Morgan fingerprint density at radius 1 is 1.35 bits per heavy atom. The minimum Gasteiger partial charge on any atom is -0.462 e. The number of aryl methyl sites for hydroxylation is 2. The number of guanidine groups is 1. The van der Waals surface area contributed by atoms with Crippen LogP contribution in [0.25, 0.3) is 0 Å². The molecule has 2 rings (SSSR count). The van der Waals surface area contributed by atoms with E-state index in [1.54, 1.807) is 20.8 Å². The number of rotatable bonds is 7.